The minimum absolute atomic E-state index is 0.0302. The summed E-state index contributed by atoms with van der Waals surface area (Å²) in [6, 6.07) is 0. The van der Waals surface area contributed by atoms with Crippen LogP contribution in [0.25, 0.3) is 0 Å². The summed E-state index contributed by atoms with van der Waals surface area (Å²) in [4.78, 5) is 26.9. The lowest BCUT2D eigenvalue weighted by Crippen LogP contribution is -2.31. The highest BCUT2D eigenvalue weighted by Gasteiger charge is 2.17. The molecule has 0 aromatic rings. The third kappa shape index (κ3) is 27.7. The molecule has 1 N–H and O–H groups in total. The molecule has 0 aromatic heterocycles. The van der Waals surface area contributed by atoms with Crippen LogP contribution in [0.1, 0.15) is 195 Å². The molecule has 45 heavy (non-hydrogen) atoms. The first-order valence-corrected chi connectivity index (χ1v) is 20.0. The summed E-state index contributed by atoms with van der Waals surface area (Å²) >= 11 is 0. The van der Waals surface area contributed by atoms with E-state index >= 15 is 0 Å². The summed E-state index contributed by atoms with van der Waals surface area (Å²) in [6.45, 7) is 11.3. The molecule has 1 amide bonds. The number of amides is 1. The van der Waals surface area contributed by atoms with E-state index in [-0.39, 0.29) is 23.7 Å². The molecule has 3 atom stereocenters. The van der Waals surface area contributed by atoms with Crippen LogP contribution in [-0.2, 0) is 14.3 Å². The monoisotopic (exact) mass is 637 g/mol. The van der Waals surface area contributed by atoms with Crippen LogP contribution in [-0.4, -0.2) is 50.6 Å². The van der Waals surface area contributed by atoms with Crippen LogP contribution in [0.5, 0.6) is 0 Å². The average molecular weight is 637 g/mol. The molecule has 0 aliphatic carbocycles. The van der Waals surface area contributed by atoms with E-state index in [0.717, 1.165) is 70.3 Å². The summed E-state index contributed by atoms with van der Waals surface area (Å²) < 4.78 is 5.56. The average Bonchev–Trinajstić information content (AvgIpc) is 3.02. The zero-order valence-corrected chi connectivity index (χ0v) is 31.4. The van der Waals surface area contributed by atoms with Gasteiger partial charge in [0.05, 0.1) is 12.5 Å². The number of carbonyl (C=O) groups is 2. The van der Waals surface area contributed by atoms with Gasteiger partial charge in [-0.25, -0.2) is 0 Å². The van der Waals surface area contributed by atoms with Crippen LogP contribution in [0.4, 0.5) is 0 Å². The Kier molecular flexibility index (Phi) is 32.0. The van der Waals surface area contributed by atoms with Gasteiger partial charge in [0.25, 0.3) is 0 Å². The predicted molar refractivity (Wildman–Crippen MR) is 196 cm³/mol. The highest BCUT2D eigenvalue weighted by atomic mass is 16.5. The van der Waals surface area contributed by atoms with Crippen molar-refractivity contribution in [1.29, 1.82) is 0 Å². The number of hydrogen-bond donors (Lipinski definition) is 1. The minimum Gasteiger partial charge on any atom is -0.465 e. The Balaban J connectivity index is 3.91. The summed E-state index contributed by atoms with van der Waals surface area (Å²) in [5.74, 6) is 1.53. The van der Waals surface area contributed by atoms with E-state index in [2.05, 4.69) is 52.0 Å². The van der Waals surface area contributed by atoms with Gasteiger partial charge in [0.15, 0.2) is 0 Å². The molecule has 0 radical (unpaired) electrons. The van der Waals surface area contributed by atoms with Gasteiger partial charge in [0.1, 0.15) is 0 Å². The molecule has 0 aliphatic heterocycles. The smallest absolute Gasteiger partial charge is 0.308 e. The number of unbranched alkanes of at least 4 members (excludes halogenated alkanes) is 14. The third-order valence-electron chi connectivity index (χ3n) is 9.81. The maximum absolute atomic E-state index is 12.3. The molecule has 0 heterocycles. The second-order valence-electron chi connectivity index (χ2n) is 14.3. The van der Waals surface area contributed by atoms with Crippen LogP contribution < -0.4 is 5.32 Å². The van der Waals surface area contributed by atoms with Gasteiger partial charge in [0.2, 0.25) is 5.91 Å². The number of nitrogens with zero attached hydrogens (tertiary/aromatic N) is 1. The van der Waals surface area contributed by atoms with Crippen LogP contribution in [0, 0.1) is 17.8 Å². The lowest BCUT2D eigenvalue weighted by atomic mass is 9.90. The molecule has 0 aliphatic rings. The summed E-state index contributed by atoms with van der Waals surface area (Å²) in [7, 11) is 4.38. The van der Waals surface area contributed by atoms with Gasteiger partial charge >= 0.3 is 5.97 Å². The largest absolute Gasteiger partial charge is 0.465 e. The SMILES string of the molecule is CCCCC(CC)C(=O)NCCCCCCCCCC(CCCCCCCCCOC(=O)C(CC)CCCC)CCCN(C)C. The van der Waals surface area contributed by atoms with Crippen molar-refractivity contribution in [1.82, 2.24) is 10.2 Å². The van der Waals surface area contributed by atoms with E-state index in [0.29, 0.717) is 6.61 Å². The Morgan fingerprint density at radius 3 is 1.53 bits per heavy atom. The van der Waals surface area contributed by atoms with Crippen LogP contribution >= 0.6 is 0 Å². The highest BCUT2D eigenvalue weighted by Crippen LogP contribution is 2.24. The van der Waals surface area contributed by atoms with Crippen LogP contribution in [0.2, 0.25) is 0 Å². The van der Waals surface area contributed by atoms with Gasteiger partial charge in [-0.15, -0.1) is 0 Å². The number of esters is 1. The zero-order chi connectivity index (χ0) is 33.4. The molecule has 0 spiro atoms. The quantitative estimate of drug-likeness (QED) is 0.0564. The van der Waals surface area contributed by atoms with Crippen molar-refractivity contribution in [3.8, 4) is 0 Å². The lowest BCUT2D eigenvalue weighted by molar-refractivity contribution is -0.149. The Hall–Kier alpha value is -1.10. The maximum Gasteiger partial charge on any atom is 0.308 e. The Bertz CT molecular complexity index is 605. The molecule has 0 saturated carbocycles. The van der Waals surface area contributed by atoms with Crippen molar-refractivity contribution in [3.05, 3.63) is 0 Å². The number of ether oxygens (including phenoxy) is 1. The van der Waals surface area contributed by atoms with E-state index < -0.39 is 0 Å². The lowest BCUT2D eigenvalue weighted by Gasteiger charge is -2.18. The molecule has 268 valence electrons. The molecule has 0 rings (SSSR count). The maximum atomic E-state index is 12.3. The van der Waals surface area contributed by atoms with Gasteiger partial charge in [-0.3, -0.25) is 9.59 Å². The molecule has 0 bridgehead atoms. The van der Waals surface area contributed by atoms with Gasteiger partial charge in [-0.2, -0.15) is 0 Å². The zero-order valence-electron chi connectivity index (χ0n) is 31.4. The molecule has 0 fully saturated rings. The fraction of sp³-hybridized carbons (Fsp3) is 0.950. The molecule has 5 heteroatoms. The second-order valence-corrected chi connectivity index (χ2v) is 14.3. The highest BCUT2D eigenvalue weighted by molar-refractivity contribution is 5.78. The molecular weight excluding hydrogens is 556 g/mol. The fourth-order valence-electron chi connectivity index (χ4n) is 6.55. The molecule has 3 unspecified atom stereocenters. The minimum atomic E-state index is 0.0302. The topological polar surface area (TPSA) is 58.6 Å². The predicted octanol–water partition coefficient (Wildman–Crippen LogP) is 11.3. The van der Waals surface area contributed by atoms with Crippen molar-refractivity contribution in [2.24, 2.45) is 17.8 Å². The molecule has 5 nitrogen and oxygen atoms in total. The van der Waals surface area contributed by atoms with Gasteiger partial charge < -0.3 is 15.0 Å². The number of nitrogens with one attached hydrogen (secondary N) is 1. The van der Waals surface area contributed by atoms with Crippen LogP contribution in [0.15, 0.2) is 0 Å². The van der Waals surface area contributed by atoms with Crippen LogP contribution in [0.3, 0.4) is 0 Å². The normalized spacial score (nSPS) is 13.6. The van der Waals surface area contributed by atoms with Gasteiger partial charge in [0, 0.05) is 12.5 Å². The summed E-state index contributed by atoms with van der Waals surface area (Å²) in [5.41, 5.74) is 0. The summed E-state index contributed by atoms with van der Waals surface area (Å²) in [6.07, 6.45) is 32.0. The number of rotatable bonds is 34. The Labute approximate surface area is 282 Å². The van der Waals surface area contributed by atoms with E-state index in [1.54, 1.807) is 0 Å². The first-order chi connectivity index (χ1) is 21.9. The Morgan fingerprint density at radius 2 is 1.02 bits per heavy atom. The van der Waals surface area contributed by atoms with E-state index in [1.807, 2.05) is 0 Å². The number of hydrogen-bond acceptors (Lipinski definition) is 4. The third-order valence-corrected chi connectivity index (χ3v) is 9.81. The van der Waals surface area contributed by atoms with Crippen molar-refractivity contribution < 1.29 is 14.3 Å². The van der Waals surface area contributed by atoms with E-state index in [4.69, 9.17) is 4.74 Å². The van der Waals surface area contributed by atoms with Gasteiger partial charge in [-0.05, 0) is 77.9 Å². The first-order valence-electron chi connectivity index (χ1n) is 20.0. The fourth-order valence-corrected chi connectivity index (χ4v) is 6.55. The first kappa shape index (κ1) is 43.9. The molecular formula is C40H80N2O3. The molecule has 0 saturated heterocycles. The number of carbonyl (C=O) groups excluding carboxylic acids is 2. The van der Waals surface area contributed by atoms with E-state index in [9.17, 15) is 9.59 Å². The second kappa shape index (κ2) is 32.8. The van der Waals surface area contributed by atoms with Crippen molar-refractivity contribution >= 4 is 11.9 Å². The standard InChI is InChI=1S/C40H80N2O3/c1-7-11-31-37(9-3)39(43)41-33-25-21-17-13-15-19-23-28-36(30-27-34-42(5)6)29-24-20-16-14-18-22-26-35-45-40(44)38(10-4)32-12-8-2/h36-38H,7-35H2,1-6H3,(H,41,43). The summed E-state index contributed by atoms with van der Waals surface area (Å²) in [5, 5.41) is 3.18. The van der Waals surface area contributed by atoms with Crippen molar-refractivity contribution in [2.45, 2.75) is 195 Å². The molecule has 0 aromatic carbocycles. The Morgan fingerprint density at radius 1 is 0.556 bits per heavy atom. The van der Waals surface area contributed by atoms with Crippen molar-refractivity contribution in [3.63, 3.8) is 0 Å². The van der Waals surface area contributed by atoms with Crippen molar-refractivity contribution in [2.75, 3.05) is 33.8 Å². The van der Waals surface area contributed by atoms with E-state index in [1.165, 1.54) is 116 Å². The van der Waals surface area contributed by atoms with Gasteiger partial charge in [-0.1, -0.05) is 143 Å².